The van der Waals surface area contributed by atoms with Gasteiger partial charge in [-0.25, -0.2) is 0 Å². The number of carboxylic acid groups (broad SMARTS) is 1. The number of carboxylic acids is 1. The zero-order chi connectivity index (χ0) is 30.5. The first-order valence-electron chi connectivity index (χ1n) is 15.1. The molecule has 3 aromatic carbocycles. The topological polar surface area (TPSA) is 83.9 Å². The number of ketones is 2. The van der Waals surface area contributed by atoms with E-state index in [2.05, 4.69) is 27.7 Å². The second-order valence-electron chi connectivity index (χ2n) is 13.8. The molecule has 3 aromatic rings. The van der Waals surface area contributed by atoms with Crippen LogP contribution in [0.2, 0.25) is 0 Å². The highest BCUT2D eigenvalue weighted by Gasteiger charge is 2.49. The number of allylic oxidation sites excluding steroid dienone is 4. The Labute approximate surface area is 253 Å². The van der Waals surface area contributed by atoms with Crippen LogP contribution < -0.4 is 4.74 Å². The maximum Gasteiger partial charge on any atom is 0.305 e. The van der Waals surface area contributed by atoms with Crippen LogP contribution in [0.5, 0.6) is 5.75 Å². The number of carbonyl (C=O) groups excluding carboxylic acids is 2. The Morgan fingerprint density at radius 1 is 0.814 bits per heavy atom. The van der Waals surface area contributed by atoms with Gasteiger partial charge < -0.3 is 14.7 Å². The minimum Gasteiger partial charge on any atom is -0.489 e. The zero-order valence-electron chi connectivity index (χ0n) is 25.4. The molecular weight excluding hydrogens is 538 g/mol. The fraction of sp³-hybridized carbons (Fsp3) is 0.378. The van der Waals surface area contributed by atoms with Gasteiger partial charge in [0.2, 0.25) is 0 Å². The molecule has 1 N–H and O–H groups in total. The van der Waals surface area contributed by atoms with E-state index < -0.39 is 11.9 Å². The molecule has 0 aromatic heterocycles. The average molecular weight is 578 g/mol. The molecule has 1 heterocycles. The second-order valence-corrected chi connectivity index (χ2v) is 13.8. The molecule has 3 aliphatic rings. The van der Waals surface area contributed by atoms with E-state index in [0.29, 0.717) is 49.2 Å². The average Bonchev–Trinajstić information content (AvgIpc) is 2.93. The summed E-state index contributed by atoms with van der Waals surface area (Å²) in [7, 11) is 0. The van der Waals surface area contributed by atoms with Crippen LogP contribution in [0, 0.1) is 10.8 Å². The summed E-state index contributed by atoms with van der Waals surface area (Å²) < 4.78 is 6.54. The molecule has 6 rings (SSSR count). The van der Waals surface area contributed by atoms with Gasteiger partial charge in [0.1, 0.15) is 12.4 Å². The van der Waals surface area contributed by atoms with Crippen molar-refractivity contribution in [1.29, 1.82) is 0 Å². The Hall–Kier alpha value is -4.19. The van der Waals surface area contributed by atoms with E-state index >= 15 is 0 Å². The monoisotopic (exact) mass is 577 g/mol. The molecule has 0 fully saturated rings. The minimum absolute atomic E-state index is 0.0164. The number of rotatable bonds is 7. The van der Waals surface area contributed by atoms with Gasteiger partial charge in [0, 0.05) is 53.4 Å². The smallest absolute Gasteiger partial charge is 0.305 e. The molecule has 0 amide bonds. The van der Waals surface area contributed by atoms with Gasteiger partial charge in [0.05, 0.1) is 6.42 Å². The summed E-state index contributed by atoms with van der Waals surface area (Å²) in [5, 5.41) is 11.6. The zero-order valence-corrected chi connectivity index (χ0v) is 25.4. The summed E-state index contributed by atoms with van der Waals surface area (Å²) in [4.78, 5) is 42.4. The van der Waals surface area contributed by atoms with Gasteiger partial charge in [-0.3, -0.25) is 14.4 Å². The lowest BCUT2D eigenvalue weighted by Gasteiger charge is -2.49. The van der Waals surface area contributed by atoms with Gasteiger partial charge in [-0.1, -0.05) is 88.4 Å². The molecule has 1 aliphatic heterocycles. The highest BCUT2D eigenvalue weighted by atomic mass is 16.5. The van der Waals surface area contributed by atoms with Crippen molar-refractivity contribution in [3.8, 4) is 5.75 Å². The van der Waals surface area contributed by atoms with Gasteiger partial charge in [-0.2, -0.15) is 0 Å². The first-order chi connectivity index (χ1) is 20.4. The summed E-state index contributed by atoms with van der Waals surface area (Å²) in [6.45, 7) is 8.93. The molecule has 0 atom stereocenters. The van der Waals surface area contributed by atoms with Gasteiger partial charge in [-0.15, -0.1) is 0 Å². The number of ether oxygens (including phenoxy) is 1. The van der Waals surface area contributed by atoms with E-state index in [1.54, 1.807) is 0 Å². The van der Waals surface area contributed by atoms with E-state index in [0.717, 1.165) is 33.3 Å². The molecule has 222 valence electrons. The van der Waals surface area contributed by atoms with Crippen molar-refractivity contribution in [2.45, 2.75) is 72.3 Å². The van der Waals surface area contributed by atoms with Crippen molar-refractivity contribution < 1.29 is 24.2 Å². The first kappa shape index (κ1) is 28.9. The normalized spacial score (nSPS) is 19.9. The van der Waals surface area contributed by atoms with Crippen LogP contribution in [-0.4, -0.2) is 34.1 Å². The Morgan fingerprint density at radius 2 is 1.40 bits per heavy atom. The highest BCUT2D eigenvalue weighted by molar-refractivity contribution is 6.08. The van der Waals surface area contributed by atoms with Crippen LogP contribution in [0.3, 0.4) is 0 Å². The van der Waals surface area contributed by atoms with Crippen LogP contribution in [0.4, 0.5) is 0 Å². The number of Topliss-reactive ketones (excluding diaryl/α,β-unsaturated/α-hetero) is 2. The summed E-state index contributed by atoms with van der Waals surface area (Å²) in [5.74, 6) is -0.805. The second kappa shape index (κ2) is 10.8. The third-order valence-electron chi connectivity index (χ3n) is 9.03. The van der Waals surface area contributed by atoms with Crippen molar-refractivity contribution in [3.05, 3.63) is 100 Å². The Balaban J connectivity index is 1.62. The van der Waals surface area contributed by atoms with Crippen molar-refractivity contribution >= 4 is 28.3 Å². The Morgan fingerprint density at radius 3 is 2.00 bits per heavy atom. The number of benzene rings is 3. The van der Waals surface area contributed by atoms with Crippen LogP contribution in [0.1, 0.15) is 76.8 Å². The van der Waals surface area contributed by atoms with Crippen molar-refractivity contribution in [3.63, 3.8) is 0 Å². The SMILES string of the molecule is CC1(C)CC(=O)C2=C(C1)N(CCC(=O)O)C1=C(C(=O)CC(C)(C)C1)C2c1c(OCc2ccccc2)ccc2ccccc12. The predicted octanol–water partition coefficient (Wildman–Crippen LogP) is 7.58. The quantitative estimate of drug-likeness (QED) is 0.312. The standard InChI is InChI=1S/C37H39NO5/c1-36(2)18-26-33(28(39)20-36)35(34-27(38(26)17-16-31(41)42)19-37(3,4)21-29(34)40)32-25-13-9-8-12-24(25)14-15-30(32)43-22-23-10-6-5-7-11-23/h5-15,35H,16-22H2,1-4H3,(H,41,42). The summed E-state index contributed by atoms with van der Waals surface area (Å²) in [6.07, 6.45) is 1.90. The number of aliphatic carboxylic acids is 1. The maximum atomic E-state index is 14.3. The lowest BCUT2D eigenvalue weighted by Crippen LogP contribution is -2.45. The summed E-state index contributed by atoms with van der Waals surface area (Å²) in [6, 6.07) is 22.0. The molecule has 6 heteroatoms. The number of carbonyl (C=O) groups is 3. The maximum absolute atomic E-state index is 14.3. The highest BCUT2D eigenvalue weighted by Crippen LogP contribution is 2.56. The Kier molecular flexibility index (Phi) is 7.27. The lowest BCUT2D eigenvalue weighted by molar-refractivity contribution is -0.137. The molecule has 6 nitrogen and oxygen atoms in total. The molecule has 43 heavy (non-hydrogen) atoms. The predicted molar refractivity (Wildman–Crippen MR) is 167 cm³/mol. The largest absolute Gasteiger partial charge is 0.489 e. The van der Waals surface area contributed by atoms with Gasteiger partial charge in [0.25, 0.3) is 0 Å². The molecule has 2 aliphatic carbocycles. The van der Waals surface area contributed by atoms with Gasteiger partial charge in [-0.05, 0) is 46.1 Å². The van der Waals surface area contributed by atoms with Crippen molar-refractivity contribution in [1.82, 2.24) is 4.90 Å². The van der Waals surface area contributed by atoms with Crippen molar-refractivity contribution in [2.24, 2.45) is 10.8 Å². The van der Waals surface area contributed by atoms with E-state index in [4.69, 9.17) is 4.74 Å². The third kappa shape index (κ3) is 5.51. The lowest BCUT2D eigenvalue weighted by atomic mass is 9.63. The molecule has 0 unspecified atom stereocenters. The molecule has 0 saturated heterocycles. The molecule has 0 bridgehead atoms. The first-order valence-corrected chi connectivity index (χ1v) is 15.1. The van der Waals surface area contributed by atoms with Gasteiger partial charge >= 0.3 is 5.97 Å². The van der Waals surface area contributed by atoms with Crippen molar-refractivity contribution in [2.75, 3.05) is 6.54 Å². The summed E-state index contributed by atoms with van der Waals surface area (Å²) in [5.41, 5.74) is 4.25. The van der Waals surface area contributed by atoms with E-state index in [-0.39, 0.29) is 35.4 Å². The van der Waals surface area contributed by atoms with E-state index in [1.807, 2.05) is 71.6 Å². The Bertz CT molecular complexity index is 1640. The minimum atomic E-state index is -0.903. The summed E-state index contributed by atoms with van der Waals surface area (Å²) >= 11 is 0. The third-order valence-corrected chi connectivity index (χ3v) is 9.03. The number of fused-ring (bicyclic) bond motifs is 1. The van der Waals surface area contributed by atoms with Gasteiger partial charge in [0.15, 0.2) is 11.6 Å². The number of hydrogen-bond acceptors (Lipinski definition) is 5. The van der Waals surface area contributed by atoms with E-state index in [9.17, 15) is 19.5 Å². The molecule has 0 radical (unpaired) electrons. The number of hydrogen-bond donors (Lipinski definition) is 1. The van der Waals surface area contributed by atoms with Crippen LogP contribution in [-0.2, 0) is 21.0 Å². The fourth-order valence-corrected chi connectivity index (χ4v) is 7.25. The number of nitrogens with zero attached hydrogens (tertiary/aromatic N) is 1. The molecular formula is C37H39NO5. The van der Waals surface area contributed by atoms with Crippen LogP contribution in [0.15, 0.2) is 89.3 Å². The molecule has 0 spiro atoms. The van der Waals surface area contributed by atoms with E-state index in [1.165, 1.54) is 0 Å². The molecule has 0 saturated carbocycles. The van der Waals surface area contributed by atoms with Crippen LogP contribution in [0.25, 0.3) is 10.8 Å². The fourth-order valence-electron chi connectivity index (χ4n) is 7.25. The van der Waals surface area contributed by atoms with Crippen LogP contribution >= 0.6 is 0 Å².